The van der Waals surface area contributed by atoms with E-state index in [0.29, 0.717) is 24.0 Å². The van der Waals surface area contributed by atoms with Crippen molar-refractivity contribution in [3.8, 4) is 17.1 Å². The van der Waals surface area contributed by atoms with Crippen LogP contribution in [0, 0.1) is 0 Å². The molecule has 2 aromatic heterocycles. The van der Waals surface area contributed by atoms with Crippen LogP contribution < -0.4 is 9.64 Å². The molecular formula is C26H30FN5O3. The molecule has 35 heavy (non-hydrogen) atoms. The van der Waals surface area contributed by atoms with Crippen molar-refractivity contribution in [2.24, 2.45) is 0 Å². The number of alkyl halides is 1. The van der Waals surface area contributed by atoms with Crippen molar-refractivity contribution in [2.45, 2.75) is 50.9 Å². The van der Waals surface area contributed by atoms with Crippen LogP contribution in [-0.4, -0.2) is 46.4 Å². The van der Waals surface area contributed by atoms with Gasteiger partial charge in [0.2, 0.25) is 11.8 Å². The number of aromatic nitrogens is 4. The number of anilines is 1. The second-order valence-corrected chi connectivity index (χ2v) is 8.63. The molecule has 1 saturated carbocycles. The molecule has 0 saturated heterocycles. The van der Waals surface area contributed by atoms with Gasteiger partial charge < -0.3 is 14.1 Å². The van der Waals surface area contributed by atoms with Crippen molar-refractivity contribution < 1.29 is 18.3 Å². The van der Waals surface area contributed by atoms with Gasteiger partial charge >= 0.3 is 6.01 Å². The van der Waals surface area contributed by atoms with E-state index in [1.807, 2.05) is 24.3 Å². The molecule has 9 heteroatoms. The SMILES string of the molecule is C=C(CCF)C(=O)N(CCCCCc1nnc(C2CC2)o1)c1cccc(-c2cnc(OC)nc2)c1. The van der Waals surface area contributed by atoms with Crippen LogP contribution in [0.5, 0.6) is 6.01 Å². The van der Waals surface area contributed by atoms with Crippen LogP contribution in [0.1, 0.15) is 56.2 Å². The molecule has 3 aromatic rings. The van der Waals surface area contributed by atoms with E-state index in [-0.39, 0.29) is 23.9 Å². The molecule has 1 aliphatic rings. The van der Waals surface area contributed by atoms with E-state index in [1.54, 1.807) is 17.3 Å². The third-order valence-electron chi connectivity index (χ3n) is 5.93. The first-order chi connectivity index (χ1) is 17.1. The Labute approximate surface area is 204 Å². The number of methoxy groups -OCH3 is 1. The third kappa shape index (κ3) is 6.49. The van der Waals surface area contributed by atoms with E-state index in [0.717, 1.165) is 55.5 Å². The normalized spacial score (nSPS) is 13.0. The number of rotatable bonds is 13. The molecule has 0 aliphatic heterocycles. The molecule has 2 heterocycles. The van der Waals surface area contributed by atoms with E-state index in [9.17, 15) is 9.18 Å². The van der Waals surface area contributed by atoms with Crippen molar-refractivity contribution in [3.63, 3.8) is 0 Å². The summed E-state index contributed by atoms with van der Waals surface area (Å²) < 4.78 is 23.7. The summed E-state index contributed by atoms with van der Waals surface area (Å²) in [5, 5.41) is 8.25. The summed E-state index contributed by atoms with van der Waals surface area (Å²) in [6.07, 6.45) is 8.87. The maximum atomic E-state index is 13.1. The Bertz CT molecular complexity index is 1140. The average molecular weight is 480 g/mol. The van der Waals surface area contributed by atoms with Gasteiger partial charge in [0.25, 0.3) is 5.91 Å². The van der Waals surface area contributed by atoms with Gasteiger partial charge in [-0.2, -0.15) is 0 Å². The number of ether oxygens (including phenoxy) is 1. The lowest BCUT2D eigenvalue weighted by molar-refractivity contribution is -0.115. The monoisotopic (exact) mass is 479 g/mol. The Hall–Kier alpha value is -3.62. The second kappa shape index (κ2) is 11.7. The van der Waals surface area contributed by atoms with Crippen LogP contribution in [0.15, 0.2) is 53.2 Å². The number of hydrogen-bond acceptors (Lipinski definition) is 7. The number of amides is 1. The number of halogens is 1. The molecule has 1 aromatic carbocycles. The minimum absolute atomic E-state index is 0.0157. The van der Waals surface area contributed by atoms with Crippen LogP contribution in [0.25, 0.3) is 11.1 Å². The predicted molar refractivity (Wildman–Crippen MR) is 130 cm³/mol. The number of nitrogens with zero attached hydrogens (tertiary/aromatic N) is 5. The van der Waals surface area contributed by atoms with E-state index in [2.05, 4.69) is 26.7 Å². The molecule has 0 N–H and O–H groups in total. The Kier molecular flexibility index (Phi) is 8.18. The van der Waals surface area contributed by atoms with Gasteiger partial charge in [0, 0.05) is 54.5 Å². The van der Waals surface area contributed by atoms with Gasteiger partial charge in [-0.15, -0.1) is 10.2 Å². The van der Waals surface area contributed by atoms with Gasteiger partial charge in [0.05, 0.1) is 13.8 Å². The van der Waals surface area contributed by atoms with Crippen LogP contribution in [0.2, 0.25) is 0 Å². The maximum absolute atomic E-state index is 13.1. The molecule has 1 fully saturated rings. The molecule has 0 atom stereocenters. The smallest absolute Gasteiger partial charge is 0.316 e. The zero-order valence-electron chi connectivity index (χ0n) is 20.0. The van der Waals surface area contributed by atoms with Crippen molar-refractivity contribution >= 4 is 11.6 Å². The van der Waals surface area contributed by atoms with Crippen LogP contribution in [-0.2, 0) is 11.2 Å². The molecule has 0 radical (unpaired) electrons. The first-order valence-electron chi connectivity index (χ1n) is 11.9. The molecule has 4 rings (SSSR count). The Morgan fingerprint density at radius 3 is 2.69 bits per heavy atom. The highest BCUT2D eigenvalue weighted by Crippen LogP contribution is 2.39. The first kappa shape index (κ1) is 24.5. The largest absolute Gasteiger partial charge is 0.467 e. The topological polar surface area (TPSA) is 94.2 Å². The van der Waals surface area contributed by atoms with Gasteiger partial charge in [0.15, 0.2) is 0 Å². The molecule has 1 amide bonds. The highest BCUT2D eigenvalue weighted by Gasteiger charge is 2.29. The van der Waals surface area contributed by atoms with Crippen LogP contribution in [0.4, 0.5) is 10.1 Å². The number of unbranched alkanes of at least 4 members (excludes halogenated alkanes) is 2. The summed E-state index contributed by atoms with van der Waals surface area (Å²) in [6, 6.07) is 7.86. The number of hydrogen-bond donors (Lipinski definition) is 0. The summed E-state index contributed by atoms with van der Waals surface area (Å²) in [5.74, 6) is 1.61. The minimum Gasteiger partial charge on any atom is -0.467 e. The van der Waals surface area contributed by atoms with Gasteiger partial charge in [-0.1, -0.05) is 25.1 Å². The van der Waals surface area contributed by atoms with Crippen molar-refractivity contribution in [3.05, 3.63) is 60.6 Å². The first-order valence-corrected chi connectivity index (χ1v) is 11.9. The van der Waals surface area contributed by atoms with E-state index < -0.39 is 6.67 Å². The maximum Gasteiger partial charge on any atom is 0.316 e. The quantitative estimate of drug-likeness (QED) is 0.249. The summed E-state index contributed by atoms with van der Waals surface area (Å²) in [6.45, 7) is 3.68. The van der Waals surface area contributed by atoms with E-state index in [1.165, 1.54) is 7.11 Å². The molecule has 184 valence electrons. The van der Waals surface area contributed by atoms with Gasteiger partial charge in [-0.25, -0.2) is 9.97 Å². The zero-order chi connectivity index (χ0) is 24.6. The van der Waals surface area contributed by atoms with Crippen molar-refractivity contribution in [1.29, 1.82) is 0 Å². The highest BCUT2D eigenvalue weighted by molar-refractivity contribution is 6.05. The average Bonchev–Trinajstić information content (AvgIpc) is 3.64. The molecule has 0 unspecified atom stereocenters. The predicted octanol–water partition coefficient (Wildman–Crippen LogP) is 5.07. The molecule has 8 nitrogen and oxygen atoms in total. The van der Waals surface area contributed by atoms with E-state index >= 15 is 0 Å². The summed E-state index contributed by atoms with van der Waals surface area (Å²) in [7, 11) is 1.51. The number of aryl methyl sites for hydroxylation is 1. The van der Waals surface area contributed by atoms with Gasteiger partial charge in [0.1, 0.15) is 0 Å². The second-order valence-electron chi connectivity index (χ2n) is 8.63. The molecule has 1 aliphatic carbocycles. The summed E-state index contributed by atoms with van der Waals surface area (Å²) >= 11 is 0. The summed E-state index contributed by atoms with van der Waals surface area (Å²) in [4.78, 5) is 23.1. The van der Waals surface area contributed by atoms with Gasteiger partial charge in [-0.05, 0) is 43.4 Å². The Morgan fingerprint density at radius 2 is 1.97 bits per heavy atom. The summed E-state index contributed by atoms with van der Waals surface area (Å²) in [5.41, 5.74) is 2.63. The Morgan fingerprint density at radius 1 is 1.17 bits per heavy atom. The fourth-order valence-corrected chi connectivity index (χ4v) is 3.77. The molecular weight excluding hydrogens is 449 g/mol. The van der Waals surface area contributed by atoms with Crippen LogP contribution in [0.3, 0.4) is 0 Å². The number of carbonyl (C=O) groups is 1. The highest BCUT2D eigenvalue weighted by atomic mass is 19.1. The van der Waals surface area contributed by atoms with Crippen molar-refractivity contribution in [1.82, 2.24) is 20.2 Å². The van der Waals surface area contributed by atoms with Crippen LogP contribution >= 0.6 is 0 Å². The zero-order valence-corrected chi connectivity index (χ0v) is 20.0. The molecule has 0 bridgehead atoms. The van der Waals surface area contributed by atoms with Gasteiger partial charge in [-0.3, -0.25) is 9.18 Å². The lowest BCUT2D eigenvalue weighted by Crippen LogP contribution is -2.33. The number of benzene rings is 1. The number of carbonyl (C=O) groups excluding carboxylic acids is 1. The van der Waals surface area contributed by atoms with Crippen molar-refractivity contribution in [2.75, 3.05) is 25.2 Å². The lowest BCUT2D eigenvalue weighted by Gasteiger charge is -2.24. The van der Waals surface area contributed by atoms with E-state index in [4.69, 9.17) is 9.15 Å². The fraction of sp³-hybridized carbons (Fsp3) is 0.423. The minimum atomic E-state index is -0.616. The standard InChI is InChI=1S/C26H30FN5O3/c1-18(12-13-27)25(33)32(14-5-3-4-9-23-30-31-24(35-23)19-10-11-19)22-8-6-7-20(15-22)21-16-28-26(34-2)29-17-21/h6-8,15-17,19H,1,3-5,9-14H2,2H3. The Balaban J connectivity index is 1.40. The fourth-order valence-electron chi connectivity index (χ4n) is 3.77. The third-order valence-corrected chi connectivity index (χ3v) is 5.93. The lowest BCUT2D eigenvalue weighted by atomic mass is 10.1. The molecule has 0 spiro atoms.